The predicted octanol–water partition coefficient (Wildman–Crippen LogP) is 4.87. The van der Waals surface area contributed by atoms with E-state index in [4.69, 9.17) is 9.47 Å². The number of hydrogen-bond acceptors (Lipinski definition) is 5. The van der Waals surface area contributed by atoms with Gasteiger partial charge in [-0.25, -0.2) is 0 Å². The number of ketones is 1. The average molecular weight is 436 g/mol. The van der Waals surface area contributed by atoms with E-state index in [2.05, 4.69) is 6.58 Å². The second kappa shape index (κ2) is 10.2. The summed E-state index contributed by atoms with van der Waals surface area (Å²) in [5, 5.41) is 11.1. The third-order valence-corrected chi connectivity index (χ3v) is 5.05. The van der Waals surface area contributed by atoms with E-state index >= 15 is 0 Å². The molecule has 1 amide bonds. The monoisotopic (exact) mass is 435 g/mol. The molecule has 0 spiro atoms. The van der Waals surface area contributed by atoms with Gasteiger partial charge in [0.1, 0.15) is 23.9 Å². The lowest BCUT2D eigenvalue weighted by Crippen LogP contribution is -2.30. The van der Waals surface area contributed by atoms with Crippen LogP contribution in [0.15, 0.2) is 66.8 Å². The minimum absolute atomic E-state index is 0.0180. The van der Waals surface area contributed by atoms with E-state index in [0.29, 0.717) is 42.2 Å². The van der Waals surface area contributed by atoms with Crippen LogP contribution < -0.4 is 9.47 Å². The van der Waals surface area contributed by atoms with Crippen LogP contribution in [0.2, 0.25) is 0 Å². The molecule has 1 unspecified atom stereocenters. The van der Waals surface area contributed by atoms with Gasteiger partial charge in [0.25, 0.3) is 11.7 Å². The van der Waals surface area contributed by atoms with Gasteiger partial charge in [0.2, 0.25) is 0 Å². The van der Waals surface area contributed by atoms with E-state index in [1.807, 2.05) is 26.8 Å². The summed E-state index contributed by atoms with van der Waals surface area (Å²) < 4.78 is 11.3. The maximum atomic E-state index is 13.0. The number of carbonyl (C=O) groups is 2. The molecule has 6 nitrogen and oxygen atoms in total. The third-order valence-electron chi connectivity index (χ3n) is 5.05. The number of likely N-dealkylation sites (tertiary alicyclic amines) is 1. The smallest absolute Gasteiger partial charge is 0.295 e. The molecule has 1 aliphatic rings. The number of carbonyl (C=O) groups excluding carboxylic acids is 2. The topological polar surface area (TPSA) is 76.1 Å². The van der Waals surface area contributed by atoms with Crippen LogP contribution in [0.4, 0.5) is 0 Å². The molecule has 1 aliphatic heterocycles. The summed E-state index contributed by atoms with van der Waals surface area (Å²) in [7, 11) is 0. The average Bonchev–Trinajstić information content (AvgIpc) is 3.03. The summed E-state index contributed by atoms with van der Waals surface area (Å²) in [5.74, 6) is -0.261. The molecular weight excluding hydrogens is 406 g/mol. The first kappa shape index (κ1) is 23.1. The van der Waals surface area contributed by atoms with Crippen molar-refractivity contribution >= 4 is 17.4 Å². The normalized spacial score (nSPS) is 17.6. The third kappa shape index (κ3) is 4.85. The molecule has 0 bridgehead atoms. The van der Waals surface area contributed by atoms with Gasteiger partial charge >= 0.3 is 0 Å². The molecule has 1 N–H and O–H groups in total. The van der Waals surface area contributed by atoms with E-state index in [-0.39, 0.29) is 17.4 Å². The Morgan fingerprint density at radius 2 is 1.88 bits per heavy atom. The Kier molecular flexibility index (Phi) is 7.36. The number of benzene rings is 2. The molecule has 2 aromatic carbocycles. The molecule has 1 saturated heterocycles. The molecule has 1 heterocycles. The van der Waals surface area contributed by atoms with E-state index < -0.39 is 17.7 Å². The molecule has 168 valence electrons. The highest BCUT2D eigenvalue weighted by Crippen LogP contribution is 2.40. The van der Waals surface area contributed by atoms with Gasteiger partial charge in [-0.1, -0.05) is 31.7 Å². The molecule has 32 heavy (non-hydrogen) atoms. The lowest BCUT2D eigenvalue weighted by atomic mass is 9.95. The quantitative estimate of drug-likeness (QED) is 0.263. The van der Waals surface area contributed by atoms with Gasteiger partial charge in [-0.05, 0) is 62.2 Å². The fourth-order valence-electron chi connectivity index (χ4n) is 3.75. The lowest BCUT2D eigenvalue weighted by Gasteiger charge is -2.25. The van der Waals surface area contributed by atoms with E-state index in [9.17, 15) is 14.7 Å². The number of nitrogens with zero attached hydrogens (tertiary/aromatic N) is 1. The molecule has 1 fully saturated rings. The fourth-order valence-corrected chi connectivity index (χ4v) is 3.75. The first-order chi connectivity index (χ1) is 15.4. The molecule has 3 rings (SSSR count). The maximum Gasteiger partial charge on any atom is 0.295 e. The van der Waals surface area contributed by atoms with Gasteiger partial charge in [0.15, 0.2) is 0 Å². The van der Waals surface area contributed by atoms with Crippen molar-refractivity contribution in [3.63, 3.8) is 0 Å². The number of Topliss-reactive ketones (excluding diaryl/α,β-unsaturated/α-hetero) is 1. The predicted molar refractivity (Wildman–Crippen MR) is 124 cm³/mol. The van der Waals surface area contributed by atoms with Crippen LogP contribution in [0.5, 0.6) is 11.5 Å². The zero-order valence-corrected chi connectivity index (χ0v) is 18.7. The summed E-state index contributed by atoms with van der Waals surface area (Å²) in [6, 6.07) is 13.3. The zero-order valence-electron chi connectivity index (χ0n) is 18.7. The lowest BCUT2D eigenvalue weighted by molar-refractivity contribution is -0.139. The summed E-state index contributed by atoms with van der Waals surface area (Å²) in [4.78, 5) is 27.3. The SMILES string of the molecule is C=CCOc1cccc(C2/C(=C(/O)c3ccc(OC(C)C)cc3)C(=O)C(=O)N2CCC)c1. The molecule has 2 aromatic rings. The van der Waals surface area contributed by atoms with Gasteiger partial charge < -0.3 is 19.5 Å². The first-order valence-electron chi connectivity index (χ1n) is 10.8. The molecular formula is C26H29NO5. The molecule has 1 atom stereocenters. The Balaban J connectivity index is 2.07. The van der Waals surface area contributed by atoms with Gasteiger partial charge in [0, 0.05) is 12.1 Å². The van der Waals surface area contributed by atoms with Crippen molar-refractivity contribution in [3.05, 3.63) is 77.9 Å². The molecule has 0 aliphatic carbocycles. The van der Waals surface area contributed by atoms with Gasteiger partial charge in [-0.15, -0.1) is 0 Å². The number of aliphatic hydroxyl groups is 1. The van der Waals surface area contributed by atoms with Gasteiger partial charge in [-0.3, -0.25) is 9.59 Å². The highest BCUT2D eigenvalue weighted by molar-refractivity contribution is 6.46. The second-order valence-corrected chi connectivity index (χ2v) is 7.86. The van der Waals surface area contributed by atoms with Crippen molar-refractivity contribution in [2.75, 3.05) is 13.2 Å². The number of rotatable bonds is 9. The number of aliphatic hydroxyl groups excluding tert-OH is 1. The minimum atomic E-state index is -0.700. The molecule has 0 radical (unpaired) electrons. The molecule has 0 aromatic heterocycles. The van der Waals surface area contributed by atoms with Crippen LogP contribution >= 0.6 is 0 Å². The van der Waals surface area contributed by atoms with Crippen molar-refractivity contribution < 1.29 is 24.2 Å². The van der Waals surface area contributed by atoms with Crippen molar-refractivity contribution in [2.24, 2.45) is 0 Å². The molecule has 0 saturated carbocycles. The number of ether oxygens (including phenoxy) is 2. The Morgan fingerprint density at radius 1 is 1.16 bits per heavy atom. The van der Waals surface area contributed by atoms with Crippen LogP contribution in [0, 0.1) is 0 Å². The standard InChI is InChI=1S/C26H29NO5/c1-5-14-27-23(19-8-7-9-21(16-19)31-15-6-2)22(25(29)26(27)30)24(28)18-10-12-20(13-11-18)32-17(3)4/h6-13,16-17,23,28H,2,5,14-15H2,1,3-4H3/b24-22-. The zero-order chi connectivity index (χ0) is 23.3. The molecule has 6 heteroatoms. The maximum absolute atomic E-state index is 13.0. The summed E-state index contributed by atoms with van der Waals surface area (Å²) in [6.07, 6.45) is 2.34. The summed E-state index contributed by atoms with van der Waals surface area (Å²) in [5.41, 5.74) is 1.21. The summed E-state index contributed by atoms with van der Waals surface area (Å²) >= 11 is 0. The second-order valence-electron chi connectivity index (χ2n) is 7.86. The number of amides is 1. The van der Waals surface area contributed by atoms with Gasteiger partial charge in [0.05, 0.1) is 17.7 Å². The van der Waals surface area contributed by atoms with Crippen LogP contribution in [0.1, 0.15) is 44.4 Å². The van der Waals surface area contributed by atoms with E-state index in [1.54, 1.807) is 48.5 Å². The Morgan fingerprint density at radius 3 is 2.50 bits per heavy atom. The van der Waals surface area contributed by atoms with Crippen LogP contribution in [0.3, 0.4) is 0 Å². The van der Waals surface area contributed by atoms with Crippen LogP contribution in [-0.2, 0) is 9.59 Å². The Labute approximate surface area is 188 Å². The highest BCUT2D eigenvalue weighted by atomic mass is 16.5. The minimum Gasteiger partial charge on any atom is -0.507 e. The van der Waals surface area contributed by atoms with Crippen LogP contribution in [-0.4, -0.2) is 41.0 Å². The fraction of sp³-hybridized carbons (Fsp3) is 0.308. The van der Waals surface area contributed by atoms with Crippen molar-refractivity contribution in [3.8, 4) is 11.5 Å². The Hall–Kier alpha value is -3.54. The largest absolute Gasteiger partial charge is 0.507 e. The van der Waals surface area contributed by atoms with E-state index in [1.165, 1.54) is 4.90 Å². The van der Waals surface area contributed by atoms with E-state index in [0.717, 1.165) is 0 Å². The highest BCUT2D eigenvalue weighted by Gasteiger charge is 2.45. The first-order valence-corrected chi connectivity index (χ1v) is 10.8. The van der Waals surface area contributed by atoms with Crippen molar-refractivity contribution in [1.29, 1.82) is 0 Å². The Bertz CT molecular complexity index is 1020. The number of hydrogen-bond donors (Lipinski definition) is 1. The van der Waals surface area contributed by atoms with Crippen molar-refractivity contribution in [1.82, 2.24) is 4.90 Å². The van der Waals surface area contributed by atoms with Gasteiger partial charge in [-0.2, -0.15) is 0 Å². The summed E-state index contributed by atoms with van der Waals surface area (Å²) in [6.45, 7) is 10.2. The van der Waals surface area contributed by atoms with Crippen molar-refractivity contribution in [2.45, 2.75) is 39.3 Å². The van der Waals surface area contributed by atoms with Crippen LogP contribution in [0.25, 0.3) is 5.76 Å².